The van der Waals surface area contributed by atoms with Gasteiger partial charge in [-0.25, -0.2) is 0 Å². The van der Waals surface area contributed by atoms with Crippen molar-refractivity contribution in [3.05, 3.63) is 58.5 Å². The van der Waals surface area contributed by atoms with Crippen molar-refractivity contribution < 1.29 is 23.8 Å². The number of benzene rings is 1. The number of rotatable bonds is 7. The Balaban J connectivity index is 0.00000338. The molecule has 0 spiro atoms. The Bertz CT molecular complexity index is 765. The van der Waals surface area contributed by atoms with Crippen LogP contribution in [0.15, 0.2) is 47.4 Å². The highest BCUT2D eigenvalue weighted by Crippen LogP contribution is 2.27. The lowest BCUT2D eigenvalue weighted by atomic mass is 9.91. The van der Waals surface area contributed by atoms with Crippen LogP contribution in [0.1, 0.15) is 24.2 Å². The van der Waals surface area contributed by atoms with Gasteiger partial charge in [0.25, 0.3) is 0 Å². The Morgan fingerprint density at radius 2 is 1.88 bits per heavy atom. The molecule has 1 aliphatic rings. The SMILES string of the molecule is CCOC1=CC(=[N+]=[N-])C(OCC)C(N)=C1C(=O)c1ccc(OC)cc1.Cl. The summed E-state index contributed by atoms with van der Waals surface area (Å²) in [4.78, 5) is 16.2. The summed E-state index contributed by atoms with van der Waals surface area (Å²) in [6, 6.07) is 6.68. The molecule has 7 nitrogen and oxygen atoms in total. The third-order valence-corrected chi connectivity index (χ3v) is 3.69. The maximum atomic E-state index is 13.0. The van der Waals surface area contributed by atoms with Gasteiger partial charge in [0.05, 0.1) is 31.1 Å². The van der Waals surface area contributed by atoms with Crippen molar-refractivity contribution in [3.63, 3.8) is 0 Å². The van der Waals surface area contributed by atoms with Gasteiger partial charge in [0.2, 0.25) is 0 Å². The molecule has 0 heterocycles. The van der Waals surface area contributed by atoms with Crippen LogP contribution < -0.4 is 10.5 Å². The third kappa shape index (κ3) is 4.32. The first-order valence-electron chi connectivity index (χ1n) is 7.94. The van der Waals surface area contributed by atoms with Crippen molar-refractivity contribution in [3.8, 4) is 5.75 Å². The maximum absolute atomic E-state index is 13.0. The van der Waals surface area contributed by atoms with E-state index in [0.29, 0.717) is 24.5 Å². The molecule has 0 aliphatic heterocycles. The van der Waals surface area contributed by atoms with Crippen LogP contribution in [0.4, 0.5) is 0 Å². The Hall–Kier alpha value is -2.60. The van der Waals surface area contributed by atoms with Crippen molar-refractivity contribution in [2.75, 3.05) is 20.3 Å². The van der Waals surface area contributed by atoms with E-state index in [1.54, 1.807) is 45.2 Å². The van der Waals surface area contributed by atoms with Crippen LogP contribution in [0, 0.1) is 0 Å². The number of hydrogen-bond donors (Lipinski definition) is 1. The molecule has 0 bridgehead atoms. The zero-order valence-electron chi connectivity index (χ0n) is 14.9. The van der Waals surface area contributed by atoms with E-state index in [0.717, 1.165) is 0 Å². The molecule has 1 aromatic rings. The molecule has 0 saturated carbocycles. The van der Waals surface area contributed by atoms with Crippen LogP contribution >= 0.6 is 12.4 Å². The van der Waals surface area contributed by atoms with E-state index < -0.39 is 6.10 Å². The number of nitrogens with zero attached hydrogens (tertiary/aromatic N) is 2. The van der Waals surface area contributed by atoms with Crippen molar-refractivity contribution in [1.29, 1.82) is 0 Å². The lowest BCUT2D eigenvalue weighted by molar-refractivity contribution is -0.0237. The van der Waals surface area contributed by atoms with Crippen molar-refractivity contribution in [2.45, 2.75) is 20.0 Å². The van der Waals surface area contributed by atoms with E-state index in [4.69, 9.17) is 19.9 Å². The Morgan fingerprint density at radius 1 is 1.23 bits per heavy atom. The average molecular weight is 380 g/mol. The minimum absolute atomic E-state index is 0. The summed E-state index contributed by atoms with van der Waals surface area (Å²) in [5.74, 6) is 0.593. The van der Waals surface area contributed by atoms with Crippen molar-refractivity contribution in [1.82, 2.24) is 0 Å². The summed E-state index contributed by atoms with van der Waals surface area (Å²) in [5, 5.41) is 0. The molecule has 2 rings (SSSR count). The van der Waals surface area contributed by atoms with Crippen molar-refractivity contribution >= 4 is 23.9 Å². The van der Waals surface area contributed by atoms with Crippen LogP contribution in [-0.4, -0.2) is 42.7 Å². The first-order valence-corrected chi connectivity index (χ1v) is 7.94. The minimum Gasteiger partial charge on any atom is -0.497 e. The number of carbonyl (C=O) groups excluding carboxylic acids is 1. The normalized spacial score (nSPS) is 16.3. The van der Waals surface area contributed by atoms with E-state index in [1.165, 1.54) is 6.08 Å². The number of Topliss-reactive ketones (excluding diaryl/α,β-unsaturated/α-hetero) is 1. The maximum Gasteiger partial charge on any atom is 0.330 e. The summed E-state index contributed by atoms with van der Waals surface area (Å²) < 4.78 is 16.2. The highest BCUT2D eigenvalue weighted by atomic mass is 35.5. The van der Waals surface area contributed by atoms with Gasteiger partial charge in [-0.15, -0.1) is 12.4 Å². The largest absolute Gasteiger partial charge is 0.497 e. The molecular weight excluding hydrogens is 358 g/mol. The summed E-state index contributed by atoms with van der Waals surface area (Å²) >= 11 is 0. The zero-order valence-corrected chi connectivity index (χ0v) is 15.7. The number of halogens is 1. The van der Waals surface area contributed by atoms with Gasteiger partial charge in [0, 0.05) is 12.2 Å². The molecular formula is C18H22ClN3O4. The lowest BCUT2D eigenvalue weighted by Gasteiger charge is -2.22. The molecule has 1 atom stereocenters. The number of nitrogens with two attached hydrogens (primary N) is 1. The van der Waals surface area contributed by atoms with Gasteiger partial charge < -0.3 is 25.5 Å². The topological polar surface area (TPSA) is 107 Å². The molecule has 0 fully saturated rings. The number of ketones is 1. The van der Waals surface area contributed by atoms with E-state index in [-0.39, 0.29) is 40.9 Å². The van der Waals surface area contributed by atoms with E-state index in [9.17, 15) is 10.3 Å². The number of hydrogen-bond acceptors (Lipinski definition) is 5. The number of ether oxygens (including phenoxy) is 3. The van der Waals surface area contributed by atoms with Gasteiger partial charge in [-0.2, -0.15) is 4.79 Å². The van der Waals surface area contributed by atoms with E-state index in [1.807, 2.05) is 0 Å². The highest BCUT2D eigenvalue weighted by molar-refractivity contribution is 6.15. The predicted molar refractivity (Wildman–Crippen MR) is 99.5 cm³/mol. The van der Waals surface area contributed by atoms with Crippen LogP contribution in [0.25, 0.3) is 5.53 Å². The standard InChI is InChI=1S/C18H21N3O4.ClH/c1-4-24-14-10-13(21-20)18(25-5-2)16(19)15(14)17(22)11-6-8-12(23-3)9-7-11;/h6-10,18H,4-5,19H2,1-3H3;1H. The third-order valence-electron chi connectivity index (χ3n) is 3.69. The summed E-state index contributed by atoms with van der Waals surface area (Å²) in [6.07, 6.45) is 0.660. The summed E-state index contributed by atoms with van der Waals surface area (Å²) in [6.45, 7) is 4.24. The minimum atomic E-state index is -0.809. The van der Waals surface area contributed by atoms with Crippen LogP contribution in [-0.2, 0) is 9.47 Å². The first-order chi connectivity index (χ1) is 12.1. The molecule has 140 valence electrons. The molecule has 0 radical (unpaired) electrons. The summed E-state index contributed by atoms with van der Waals surface area (Å²) in [7, 11) is 1.55. The number of methoxy groups -OCH3 is 1. The fourth-order valence-corrected chi connectivity index (χ4v) is 2.54. The first kappa shape index (κ1) is 21.4. The van der Waals surface area contributed by atoms with Gasteiger partial charge in [0.1, 0.15) is 11.5 Å². The Morgan fingerprint density at radius 3 is 2.38 bits per heavy atom. The second-order valence-electron chi connectivity index (χ2n) is 5.19. The van der Waals surface area contributed by atoms with E-state index in [2.05, 4.69) is 4.79 Å². The van der Waals surface area contributed by atoms with Crippen LogP contribution in [0.2, 0.25) is 0 Å². The van der Waals surface area contributed by atoms with Gasteiger partial charge in [-0.05, 0) is 38.1 Å². The Kier molecular flexibility index (Phi) is 8.06. The van der Waals surface area contributed by atoms with Gasteiger partial charge in [-0.1, -0.05) is 0 Å². The fourth-order valence-electron chi connectivity index (χ4n) is 2.54. The molecule has 1 aromatic carbocycles. The fraction of sp³-hybridized carbons (Fsp3) is 0.333. The second kappa shape index (κ2) is 9.77. The van der Waals surface area contributed by atoms with E-state index >= 15 is 0 Å². The highest BCUT2D eigenvalue weighted by Gasteiger charge is 2.37. The number of carbonyl (C=O) groups is 1. The lowest BCUT2D eigenvalue weighted by Crippen LogP contribution is -2.36. The predicted octanol–water partition coefficient (Wildman–Crippen LogP) is 2.52. The molecule has 0 amide bonds. The molecule has 0 aromatic heterocycles. The second-order valence-corrected chi connectivity index (χ2v) is 5.19. The number of allylic oxidation sites excluding steroid dienone is 1. The average Bonchev–Trinajstić information content (AvgIpc) is 2.63. The Labute approximate surface area is 158 Å². The molecule has 0 saturated heterocycles. The monoisotopic (exact) mass is 379 g/mol. The van der Waals surface area contributed by atoms with Crippen molar-refractivity contribution in [2.24, 2.45) is 5.73 Å². The molecule has 8 heteroatoms. The van der Waals surface area contributed by atoms with Gasteiger partial charge in [0.15, 0.2) is 11.9 Å². The smallest absolute Gasteiger partial charge is 0.330 e. The molecule has 1 unspecified atom stereocenters. The van der Waals surface area contributed by atoms with Crippen LogP contribution in [0.3, 0.4) is 0 Å². The molecule has 26 heavy (non-hydrogen) atoms. The quantitative estimate of drug-likeness (QED) is 0.445. The van der Waals surface area contributed by atoms with Gasteiger partial charge >= 0.3 is 5.71 Å². The zero-order chi connectivity index (χ0) is 18.4. The van der Waals surface area contributed by atoms with Crippen LogP contribution in [0.5, 0.6) is 5.75 Å². The molecule has 1 aliphatic carbocycles. The van der Waals surface area contributed by atoms with Gasteiger partial charge in [-0.3, -0.25) is 4.79 Å². The molecule has 2 N–H and O–H groups in total. The summed E-state index contributed by atoms with van der Waals surface area (Å²) in [5.41, 5.74) is 16.4.